The molecule has 0 aliphatic carbocycles. The van der Waals surface area contributed by atoms with Crippen LogP contribution >= 0.6 is 0 Å². The molecule has 0 spiro atoms. The van der Waals surface area contributed by atoms with Crippen LogP contribution in [0.2, 0.25) is 0 Å². The van der Waals surface area contributed by atoms with E-state index < -0.39 is 6.29 Å². The smallest absolute Gasteiger partial charge is 0.308 e. The molecule has 0 aromatic carbocycles. The summed E-state index contributed by atoms with van der Waals surface area (Å²) in [7, 11) is 0. The molecule has 0 aromatic heterocycles. The summed E-state index contributed by atoms with van der Waals surface area (Å²) < 4.78 is 22.7. The van der Waals surface area contributed by atoms with Crippen molar-refractivity contribution in [3.8, 4) is 0 Å². The van der Waals surface area contributed by atoms with Gasteiger partial charge in [-0.3, -0.25) is 14.5 Å². The molecule has 0 saturated carbocycles. The first-order valence-corrected chi connectivity index (χ1v) is 25.8. The third-order valence-electron chi connectivity index (χ3n) is 12.7. The van der Waals surface area contributed by atoms with Gasteiger partial charge in [0, 0.05) is 32.7 Å². The molecule has 1 rings (SSSR count). The fraction of sp³-hybridized carbons (Fsp3) is 0.961. The molecular weight excluding hydrogens is 739 g/mol. The second-order valence-corrected chi connectivity index (χ2v) is 18.2. The molecule has 1 N–H and O–H groups in total. The summed E-state index contributed by atoms with van der Waals surface area (Å²) in [5, 5.41) is 10.3. The Morgan fingerprint density at radius 3 is 1.47 bits per heavy atom. The lowest BCUT2D eigenvalue weighted by Gasteiger charge is -2.26. The van der Waals surface area contributed by atoms with E-state index in [9.17, 15) is 14.7 Å². The van der Waals surface area contributed by atoms with Crippen molar-refractivity contribution in [2.24, 2.45) is 17.8 Å². The maximum absolute atomic E-state index is 13.2. The van der Waals surface area contributed by atoms with Crippen molar-refractivity contribution in [2.45, 2.75) is 246 Å². The van der Waals surface area contributed by atoms with Crippen LogP contribution in [-0.2, 0) is 28.5 Å². The van der Waals surface area contributed by atoms with Gasteiger partial charge < -0.3 is 24.1 Å². The lowest BCUT2D eigenvalue weighted by atomic mass is 9.93. The molecule has 0 aromatic rings. The highest BCUT2D eigenvalue weighted by molar-refractivity contribution is 5.72. The predicted octanol–water partition coefficient (Wildman–Crippen LogP) is 13.5. The van der Waals surface area contributed by atoms with Crippen LogP contribution in [0, 0.1) is 17.8 Å². The van der Waals surface area contributed by atoms with Gasteiger partial charge in [0.25, 0.3) is 0 Å². The van der Waals surface area contributed by atoms with Gasteiger partial charge in [0.2, 0.25) is 0 Å². The first-order valence-electron chi connectivity index (χ1n) is 25.8. The minimum Gasteiger partial charge on any atom is -0.466 e. The zero-order chi connectivity index (χ0) is 42.9. The Morgan fingerprint density at radius 1 is 0.508 bits per heavy atom. The Balaban J connectivity index is 2.24. The largest absolute Gasteiger partial charge is 0.466 e. The highest BCUT2D eigenvalue weighted by atomic mass is 16.6. The van der Waals surface area contributed by atoms with Crippen molar-refractivity contribution < 1.29 is 33.6 Å². The Labute approximate surface area is 365 Å². The lowest BCUT2D eigenvalue weighted by Crippen LogP contribution is -2.37. The van der Waals surface area contributed by atoms with Crippen molar-refractivity contribution in [3.05, 3.63) is 0 Å². The number of ether oxygens (including phenoxy) is 4. The predicted molar refractivity (Wildman–Crippen MR) is 247 cm³/mol. The van der Waals surface area contributed by atoms with E-state index in [0.29, 0.717) is 32.2 Å². The molecule has 8 nitrogen and oxygen atoms in total. The van der Waals surface area contributed by atoms with Gasteiger partial charge in [-0.2, -0.15) is 0 Å². The van der Waals surface area contributed by atoms with Gasteiger partial charge in [-0.15, -0.1) is 0 Å². The number of nitrogens with zero attached hydrogens (tertiary/aromatic N) is 1. The van der Waals surface area contributed by atoms with Crippen molar-refractivity contribution in [1.82, 2.24) is 4.90 Å². The zero-order valence-electron chi connectivity index (χ0n) is 39.6. The Kier molecular flexibility index (Phi) is 39.8. The topological polar surface area (TPSA) is 94.5 Å². The van der Waals surface area contributed by atoms with Crippen LogP contribution in [0.15, 0.2) is 0 Å². The number of esters is 2. The summed E-state index contributed by atoms with van der Waals surface area (Å²) in [6, 6.07) is 0. The van der Waals surface area contributed by atoms with Crippen molar-refractivity contribution in [2.75, 3.05) is 52.7 Å². The Morgan fingerprint density at radius 2 is 0.966 bits per heavy atom. The summed E-state index contributed by atoms with van der Waals surface area (Å²) in [6.45, 7) is 15.3. The number of unbranched alkanes of at least 4 members (excludes halogenated alkanes) is 16. The normalized spacial score (nSPS) is 14.6. The van der Waals surface area contributed by atoms with E-state index in [2.05, 4.69) is 32.6 Å². The molecule has 1 heterocycles. The van der Waals surface area contributed by atoms with Gasteiger partial charge in [0.15, 0.2) is 6.29 Å². The average molecular weight is 838 g/mol. The van der Waals surface area contributed by atoms with Crippen molar-refractivity contribution >= 4 is 11.9 Å². The fourth-order valence-corrected chi connectivity index (χ4v) is 8.62. The molecule has 1 aliphatic rings. The molecule has 1 saturated heterocycles. The van der Waals surface area contributed by atoms with E-state index in [1.165, 1.54) is 109 Å². The molecule has 59 heavy (non-hydrogen) atoms. The monoisotopic (exact) mass is 838 g/mol. The van der Waals surface area contributed by atoms with E-state index in [-0.39, 0.29) is 17.9 Å². The molecule has 0 bridgehead atoms. The zero-order valence-corrected chi connectivity index (χ0v) is 39.6. The van der Waals surface area contributed by atoms with Gasteiger partial charge in [0.1, 0.15) is 0 Å². The van der Waals surface area contributed by atoms with Gasteiger partial charge in [0.05, 0.1) is 32.3 Å². The fourth-order valence-electron chi connectivity index (χ4n) is 8.62. The number of aliphatic hydroxyl groups is 1. The molecule has 350 valence electrons. The number of carbonyl (C=O) groups excluding carboxylic acids is 2. The molecule has 2 atom stereocenters. The second kappa shape index (κ2) is 42.1. The third kappa shape index (κ3) is 35.0. The van der Waals surface area contributed by atoms with Crippen LogP contribution in [0.1, 0.15) is 240 Å². The SMILES string of the molecule is CCCCC(CCCC)CCOC(=O)CCCCCCCCCC(CCCCCCCCCC(O)OCCC(CCCC)CCCC)C(=O)OCCCN1CCOCC1. The minimum absolute atomic E-state index is 0.00743. The van der Waals surface area contributed by atoms with E-state index in [0.717, 1.165) is 135 Å². The highest BCUT2D eigenvalue weighted by Gasteiger charge is 2.20. The first kappa shape index (κ1) is 55.8. The third-order valence-corrected chi connectivity index (χ3v) is 12.7. The van der Waals surface area contributed by atoms with Crippen LogP contribution in [0.5, 0.6) is 0 Å². The maximum Gasteiger partial charge on any atom is 0.308 e. The van der Waals surface area contributed by atoms with Gasteiger partial charge >= 0.3 is 11.9 Å². The van der Waals surface area contributed by atoms with Crippen LogP contribution < -0.4 is 0 Å². The number of rotatable bonds is 44. The van der Waals surface area contributed by atoms with Crippen LogP contribution in [0.25, 0.3) is 0 Å². The van der Waals surface area contributed by atoms with E-state index in [1.54, 1.807) is 0 Å². The Bertz CT molecular complexity index is 897. The molecule has 1 aliphatic heterocycles. The first-order chi connectivity index (χ1) is 28.9. The molecular formula is C51H99NO7. The molecule has 1 fully saturated rings. The van der Waals surface area contributed by atoms with Crippen LogP contribution in [0.3, 0.4) is 0 Å². The number of morpholine rings is 1. The maximum atomic E-state index is 13.2. The number of hydrogen-bond donors (Lipinski definition) is 1. The van der Waals surface area contributed by atoms with Crippen molar-refractivity contribution in [3.63, 3.8) is 0 Å². The molecule has 0 radical (unpaired) electrons. The molecule has 8 heteroatoms. The molecule has 0 amide bonds. The van der Waals surface area contributed by atoms with E-state index >= 15 is 0 Å². The van der Waals surface area contributed by atoms with Crippen molar-refractivity contribution in [1.29, 1.82) is 0 Å². The standard InChI is InChI=1S/C51H99NO7/c1-5-9-28-46(29-10-6-2)36-42-57-49(53)34-25-21-17-13-15-19-23-32-48(51(55)59-41-27-38-52-39-44-56-45-40-52)33-24-20-16-14-18-22-26-35-50(54)58-43-37-47(30-11-7-3)31-12-8-4/h46-49,53H,5-45H2,1-4H3. The molecule has 2 unspecified atom stereocenters. The summed E-state index contributed by atoms with van der Waals surface area (Å²) in [6.07, 6.45) is 36.5. The summed E-state index contributed by atoms with van der Waals surface area (Å²) in [5.41, 5.74) is 0. The average Bonchev–Trinajstić information content (AvgIpc) is 3.24. The number of aliphatic hydroxyl groups excluding tert-OH is 1. The van der Waals surface area contributed by atoms with Gasteiger partial charge in [-0.05, 0) is 63.2 Å². The Hall–Kier alpha value is -1.22. The van der Waals surface area contributed by atoms with E-state index in [1.807, 2.05) is 0 Å². The minimum atomic E-state index is -0.621. The number of carbonyl (C=O) groups is 2. The quantitative estimate of drug-likeness (QED) is 0.0368. The summed E-state index contributed by atoms with van der Waals surface area (Å²) in [4.78, 5) is 27.9. The summed E-state index contributed by atoms with van der Waals surface area (Å²) >= 11 is 0. The van der Waals surface area contributed by atoms with E-state index in [4.69, 9.17) is 18.9 Å². The second-order valence-electron chi connectivity index (χ2n) is 18.2. The highest BCUT2D eigenvalue weighted by Crippen LogP contribution is 2.23. The van der Waals surface area contributed by atoms with Crippen LogP contribution in [0.4, 0.5) is 0 Å². The summed E-state index contributed by atoms with van der Waals surface area (Å²) in [5.74, 6) is 1.43. The lowest BCUT2D eigenvalue weighted by molar-refractivity contribution is -0.149. The van der Waals surface area contributed by atoms with Gasteiger partial charge in [-0.1, -0.05) is 182 Å². The van der Waals surface area contributed by atoms with Crippen LogP contribution in [-0.4, -0.2) is 80.9 Å². The van der Waals surface area contributed by atoms with Gasteiger partial charge in [-0.25, -0.2) is 0 Å². The number of hydrogen-bond acceptors (Lipinski definition) is 8.